The van der Waals surface area contributed by atoms with Crippen LogP contribution in [0.25, 0.3) is 0 Å². The van der Waals surface area contributed by atoms with Crippen LogP contribution in [-0.2, 0) is 0 Å². The van der Waals surface area contributed by atoms with E-state index in [4.69, 9.17) is 0 Å². The lowest BCUT2D eigenvalue weighted by molar-refractivity contribution is 0.820. The van der Waals surface area contributed by atoms with Crippen molar-refractivity contribution < 1.29 is 0 Å². The van der Waals surface area contributed by atoms with Gasteiger partial charge < -0.3 is 0 Å². The number of rotatable bonds is 3. The average molecular weight is 142 g/mol. The van der Waals surface area contributed by atoms with Crippen LogP contribution in [0.3, 0.4) is 0 Å². The van der Waals surface area contributed by atoms with E-state index in [1.165, 1.54) is 4.91 Å². The molecule has 0 aliphatic rings. The molecule has 0 radical (unpaired) electrons. The molecule has 52 valence electrons. The van der Waals surface area contributed by atoms with Gasteiger partial charge in [-0.05, 0) is 23.2 Å². The lowest BCUT2D eigenvalue weighted by Gasteiger charge is -2.03. The number of thioether (sulfide) groups is 1. The van der Waals surface area contributed by atoms with Crippen LogP contribution >= 0.6 is 11.8 Å². The highest BCUT2D eigenvalue weighted by Gasteiger charge is 1.95. The molecule has 0 amide bonds. The average Bonchev–Trinajstić information content (AvgIpc) is 1.82. The van der Waals surface area contributed by atoms with E-state index >= 15 is 0 Å². The van der Waals surface area contributed by atoms with Crippen LogP contribution in [0.1, 0.15) is 20.8 Å². The highest BCUT2D eigenvalue weighted by Crippen LogP contribution is 2.22. The largest absolute Gasteiger partial charge is 0.103 e. The lowest BCUT2D eigenvalue weighted by Crippen LogP contribution is -1.84. The molecule has 0 saturated carbocycles. The first-order valence-corrected chi connectivity index (χ1v) is 4.03. The van der Waals surface area contributed by atoms with Crippen LogP contribution in [0.4, 0.5) is 0 Å². The van der Waals surface area contributed by atoms with Gasteiger partial charge in [0.25, 0.3) is 0 Å². The summed E-state index contributed by atoms with van der Waals surface area (Å²) in [7, 11) is 0. The Bertz CT molecular complexity index is 112. The summed E-state index contributed by atoms with van der Waals surface area (Å²) < 4.78 is 0. The summed E-state index contributed by atoms with van der Waals surface area (Å²) in [6.45, 7) is 10.2. The summed E-state index contributed by atoms with van der Waals surface area (Å²) in [6.07, 6.45) is 2.03. The van der Waals surface area contributed by atoms with Crippen LogP contribution in [0.2, 0.25) is 0 Å². The second-order valence-corrected chi connectivity index (χ2v) is 3.24. The first-order chi connectivity index (χ1) is 4.18. The summed E-state index contributed by atoms with van der Waals surface area (Å²) in [5.74, 6) is 0.589. The maximum absolute atomic E-state index is 3.90. The smallest absolute Gasteiger partial charge is 0.0155 e. The Morgan fingerprint density at radius 2 is 2.11 bits per heavy atom. The Balaban J connectivity index is 3.51. The van der Waals surface area contributed by atoms with Gasteiger partial charge in [0, 0.05) is 0 Å². The van der Waals surface area contributed by atoms with Gasteiger partial charge in [-0.2, -0.15) is 0 Å². The molecule has 0 aliphatic carbocycles. The molecule has 1 heteroatoms. The molecule has 0 aromatic carbocycles. The Labute approximate surface area is 62.0 Å². The fraction of sp³-hybridized carbons (Fsp3) is 0.500. The van der Waals surface area contributed by atoms with E-state index < -0.39 is 0 Å². The Kier molecular flexibility index (Phi) is 4.60. The van der Waals surface area contributed by atoms with Gasteiger partial charge >= 0.3 is 0 Å². The molecular weight excluding hydrogens is 128 g/mol. The molecule has 0 saturated heterocycles. The summed E-state index contributed by atoms with van der Waals surface area (Å²) in [6, 6.07) is 0. The molecule has 0 aromatic rings. The van der Waals surface area contributed by atoms with Gasteiger partial charge in [-0.3, -0.25) is 0 Å². The first kappa shape index (κ1) is 8.83. The van der Waals surface area contributed by atoms with Crippen molar-refractivity contribution in [3.05, 3.63) is 23.0 Å². The van der Waals surface area contributed by atoms with Crippen LogP contribution in [-0.4, -0.2) is 0 Å². The summed E-state index contributed by atoms with van der Waals surface area (Å²) in [4.78, 5) is 1.23. The molecule has 9 heavy (non-hydrogen) atoms. The summed E-state index contributed by atoms with van der Waals surface area (Å²) in [5.41, 5.74) is 0. The second-order valence-electron chi connectivity index (χ2n) is 2.21. The second kappa shape index (κ2) is 4.68. The molecular formula is C8H14S. The minimum Gasteiger partial charge on any atom is -0.103 e. The highest BCUT2D eigenvalue weighted by molar-refractivity contribution is 8.05. The van der Waals surface area contributed by atoms with Crippen molar-refractivity contribution >= 4 is 11.8 Å². The van der Waals surface area contributed by atoms with Crippen molar-refractivity contribution in [3.63, 3.8) is 0 Å². The van der Waals surface area contributed by atoms with Gasteiger partial charge in [-0.25, -0.2) is 0 Å². The van der Waals surface area contributed by atoms with Gasteiger partial charge in [0.2, 0.25) is 0 Å². The van der Waals surface area contributed by atoms with E-state index in [2.05, 4.69) is 25.8 Å². The maximum Gasteiger partial charge on any atom is -0.0155 e. The molecule has 0 aromatic heterocycles. The van der Waals surface area contributed by atoms with Gasteiger partial charge in [0.1, 0.15) is 0 Å². The lowest BCUT2D eigenvalue weighted by atomic mass is 10.2. The van der Waals surface area contributed by atoms with Crippen molar-refractivity contribution in [2.24, 2.45) is 5.92 Å². The van der Waals surface area contributed by atoms with E-state index in [9.17, 15) is 0 Å². The molecule has 0 unspecified atom stereocenters. The molecule has 0 bridgehead atoms. The molecule has 0 heterocycles. The molecule has 0 aliphatic heterocycles. The van der Waals surface area contributed by atoms with Crippen molar-refractivity contribution in [1.82, 2.24) is 0 Å². The topological polar surface area (TPSA) is 0 Å². The predicted molar refractivity (Wildman–Crippen MR) is 46.4 cm³/mol. The van der Waals surface area contributed by atoms with E-state index in [-0.39, 0.29) is 0 Å². The third-order valence-electron chi connectivity index (χ3n) is 0.999. The van der Waals surface area contributed by atoms with Crippen LogP contribution < -0.4 is 0 Å². The normalized spacial score (nSPS) is 11.1. The Hall–Kier alpha value is -0.170. The minimum absolute atomic E-state index is 0.589. The zero-order valence-corrected chi connectivity index (χ0v) is 7.16. The van der Waals surface area contributed by atoms with Gasteiger partial charge in [-0.1, -0.05) is 26.5 Å². The van der Waals surface area contributed by atoms with E-state index in [1.54, 1.807) is 11.8 Å². The van der Waals surface area contributed by atoms with Gasteiger partial charge in [-0.15, -0.1) is 11.8 Å². The van der Waals surface area contributed by atoms with E-state index in [0.29, 0.717) is 5.92 Å². The zero-order chi connectivity index (χ0) is 7.28. The van der Waals surface area contributed by atoms with Crippen molar-refractivity contribution in [3.8, 4) is 0 Å². The summed E-state index contributed by atoms with van der Waals surface area (Å²) >= 11 is 1.71. The quantitative estimate of drug-likeness (QED) is 0.582. The minimum atomic E-state index is 0.589. The van der Waals surface area contributed by atoms with Crippen molar-refractivity contribution in [2.45, 2.75) is 20.8 Å². The van der Waals surface area contributed by atoms with Gasteiger partial charge in [0.05, 0.1) is 0 Å². The van der Waals surface area contributed by atoms with Crippen LogP contribution in [0, 0.1) is 5.92 Å². The van der Waals surface area contributed by atoms with Crippen LogP contribution in [0.5, 0.6) is 0 Å². The molecule has 0 rings (SSSR count). The maximum atomic E-state index is 3.90. The van der Waals surface area contributed by atoms with E-state index in [1.807, 2.05) is 13.0 Å². The number of hydrogen-bond acceptors (Lipinski definition) is 1. The zero-order valence-electron chi connectivity index (χ0n) is 6.35. The van der Waals surface area contributed by atoms with E-state index in [0.717, 1.165) is 0 Å². The highest BCUT2D eigenvalue weighted by atomic mass is 32.2. The predicted octanol–water partition coefficient (Wildman–Crippen LogP) is 3.42. The third kappa shape index (κ3) is 4.34. The third-order valence-corrected chi connectivity index (χ3v) is 2.18. The first-order valence-electron chi connectivity index (χ1n) is 3.15. The molecule has 0 spiro atoms. The van der Waals surface area contributed by atoms with Gasteiger partial charge in [0.15, 0.2) is 0 Å². The fourth-order valence-corrected chi connectivity index (χ4v) is 0.875. The standard InChI is InChI=1S/C8H14S/c1-5-6-9-8(4)7(2)3/h5-7H,4H2,1-3H3/b6-5-. The molecule has 0 N–H and O–H groups in total. The number of hydrogen-bond donors (Lipinski definition) is 0. The molecule has 0 fully saturated rings. The van der Waals surface area contributed by atoms with Crippen molar-refractivity contribution in [1.29, 1.82) is 0 Å². The molecule has 0 nitrogen and oxygen atoms in total. The monoisotopic (exact) mass is 142 g/mol. The summed E-state index contributed by atoms with van der Waals surface area (Å²) in [5, 5.41) is 2.06. The van der Waals surface area contributed by atoms with Crippen LogP contribution in [0.15, 0.2) is 23.0 Å². The molecule has 0 atom stereocenters. The fourth-order valence-electron chi connectivity index (χ4n) is 0.292. The Morgan fingerprint density at radius 3 is 2.44 bits per heavy atom. The van der Waals surface area contributed by atoms with Crippen molar-refractivity contribution in [2.75, 3.05) is 0 Å². The SMILES string of the molecule is C=C(S/C=C\C)C(C)C. The Morgan fingerprint density at radius 1 is 1.56 bits per heavy atom. The number of allylic oxidation sites excluding steroid dienone is 2.